The molecule has 1 aliphatic heterocycles. The molecule has 3 rings (SSSR count). The second-order valence-corrected chi connectivity index (χ2v) is 8.10. The van der Waals surface area contributed by atoms with Gasteiger partial charge in [-0.2, -0.15) is 0 Å². The number of rotatable bonds is 7. The van der Waals surface area contributed by atoms with E-state index in [2.05, 4.69) is 19.2 Å². The smallest absolute Gasteiger partial charge is 0.263 e. The first-order chi connectivity index (χ1) is 14.4. The molecular weight excluding hydrogens is 380 g/mol. The molecular formula is C24H30N2O4. The molecule has 160 valence electrons. The van der Waals surface area contributed by atoms with Crippen LogP contribution in [-0.2, 0) is 22.6 Å². The van der Waals surface area contributed by atoms with Gasteiger partial charge in [0.25, 0.3) is 5.91 Å². The summed E-state index contributed by atoms with van der Waals surface area (Å²) in [7, 11) is 1.60. The molecule has 0 aromatic heterocycles. The minimum absolute atomic E-state index is 0.00420. The standard InChI is InChI=1S/C24H30N2O4/c1-16(2)10-11-26-15-19-14-20(8-9-22(19)30-17(3)24(26)28)25-23(27)13-18-6-5-7-21(12-18)29-4/h5-9,12,14,16-17H,10-11,13,15H2,1-4H3,(H,25,27)/t17-/m1/s1. The van der Waals surface area contributed by atoms with E-state index < -0.39 is 6.10 Å². The topological polar surface area (TPSA) is 67.9 Å². The Bertz CT molecular complexity index is 910. The first kappa shape index (κ1) is 21.7. The number of carbonyl (C=O) groups is 2. The highest BCUT2D eigenvalue weighted by Crippen LogP contribution is 2.29. The van der Waals surface area contributed by atoms with Crippen LogP contribution < -0.4 is 14.8 Å². The molecule has 0 saturated carbocycles. The summed E-state index contributed by atoms with van der Waals surface area (Å²) in [4.78, 5) is 27.0. The van der Waals surface area contributed by atoms with Crippen molar-refractivity contribution in [3.05, 3.63) is 53.6 Å². The summed E-state index contributed by atoms with van der Waals surface area (Å²) >= 11 is 0. The summed E-state index contributed by atoms with van der Waals surface area (Å²) in [6.45, 7) is 7.24. The first-order valence-electron chi connectivity index (χ1n) is 10.4. The van der Waals surface area contributed by atoms with Gasteiger partial charge in [-0.3, -0.25) is 9.59 Å². The normalized spacial score (nSPS) is 16.0. The predicted molar refractivity (Wildman–Crippen MR) is 117 cm³/mol. The van der Waals surface area contributed by atoms with Crippen LogP contribution in [0.5, 0.6) is 11.5 Å². The summed E-state index contributed by atoms with van der Waals surface area (Å²) in [6.07, 6.45) is 0.665. The number of benzene rings is 2. The predicted octanol–water partition coefficient (Wildman–Crippen LogP) is 4.03. The Morgan fingerprint density at radius 3 is 2.80 bits per heavy atom. The molecule has 0 aliphatic carbocycles. The maximum atomic E-state index is 12.7. The van der Waals surface area contributed by atoms with E-state index >= 15 is 0 Å². The van der Waals surface area contributed by atoms with E-state index in [1.807, 2.05) is 47.4 Å². The third kappa shape index (κ3) is 5.53. The Labute approximate surface area is 178 Å². The van der Waals surface area contributed by atoms with Crippen LogP contribution in [0, 0.1) is 5.92 Å². The molecule has 30 heavy (non-hydrogen) atoms. The molecule has 0 radical (unpaired) electrons. The van der Waals surface area contributed by atoms with Crippen LogP contribution in [0.3, 0.4) is 0 Å². The summed E-state index contributed by atoms with van der Waals surface area (Å²) in [5.41, 5.74) is 2.47. The minimum Gasteiger partial charge on any atom is -0.497 e. The van der Waals surface area contributed by atoms with Gasteiger partial charge in [0.2, 0.25) is 5.91 Å². The molecule has 2 aromatic rings. The summed E-state index contributed by atoms with van der Waals surface area (Å²) in [6, 6.07) is 13.0. The molecule has 2 aromatic carbocycles. The zero-order chi connectivity index (χ0) is 21.7. The molecule has 0 bridgehead atoms. The fourth-order valence-corrected chi connectivity index (χ4v) is 3.45. The number of methoxy groups -OCH3 is 1. The Morgan fingerprint density at radius 2 is 2.07 bits per heavy atom. The number of fused-ring (bicyclic) bond motifs is 1. The molecule has 1 heterocycles. The molecule has 6 heteroatoms. The first-order valence-corrected chi connectivity index (χ1v) is 10.4. The maximum Gasteiger partial charge on any atom is 0.263 e. The fourth-order valence-electron chi connectivity index (χ4n) is 3.45. The van der Waals surface area contributed by atoms with Crippen LogP contribution in [-0.4, -0.2) is 36.5 Å². The van der Waals surface area contributed by atoms with Crippen molar-refractivity contribution >= 4 is 17.5 Å². The Kier molecular flexibility index (Phi) is 6.98. The van der Waals surface area contributed by atoms with Crippen LogP contribution in [0.2, 0.25) is 0 Å². The number of amides is 2. The van der Waals surface area contributed by atoms with E-state index in [9.17, 15) is 9.59 Å². The van der Waals surface area contributed by atoms with Gasteiger partial charge in [0.1, 0.15) is 11.5 Å². The van der Waals surface area contributed by atoms with Crippen LogP contribution in [0.25, 0.3) is 0 Å². The fraction of sp³-hybridized carbons (Fsp3) is 0.417. The monoisotopic (exact) mass is 410 g/mol. The lowest BCUT2D eigenvalue weighted by atomic mass is 10.1. The molecule has 1 atom stereocenters. The molecule has 2 amide bonds. The van der Waals surface area contributed by atoms with E-state index in [1.54, 1.807) is 14.0 Å². The number of hydrogen-bond acceptors (Lipinski definition) is 4. The molecule has 1 N–H and O–H groups in total. The molecule has 0 unspecified atom stereocenters. The summed E-state index contributed by atoms with van der Waals surface area (Å²) in [5.74, 6) is 1.81. The van der Waals surface area contributed by atoms with Crippen molar-refractivity contribution in [1.82, 2.24) is 4.90 Å². The van der Waals surface area contributed by atoms with Gasteiger partial charge in [0.05, 0.1) is 13.5 Å². The van der Waals surface area contributed by atoms with Gasteiger partial charge in [-0.15, -0.1) is 0 Å². The zero-order valence-corrected chi connectivity index (χ0v) is 18.1. The van der Waals surface area contributed by atoms with E-state index in [0.717, 1.165) is 23.3 Å². The largest absolute Gasteiger partial charge is 0.497 e. The molecule has 0 spiro atoms. The van der Waals surface area contributed by atoms with Gasteiger partial charge >= 0.3 is 0 Å². The van der Waals surface area contributed by atoms with E-state index in [0.29, 0.717) is 30.4 Å². The lowest BCUT2D eigenvalue weighted by Crippen LogP contribution is -2.38. The van der Waals surface area contributed by atoms with Crippen molar-refractivity contribution in [1.29, 1.82) is 0 Å². The number of carbonyl (C=O) groups excluding carboxylic acids is 2. The van der Waals surface area contributed by atoms with Crippen LogP contribution in [0.15, 0.2) is 42.5 Å². The molecule has 1 aliphatic rings. The number of anilines is 1. The number of hydrogen-bond donors (Lipinski definition) is 1. The molecule has 0 saturated heterocycles. The third-order valence-corrected chi connectivity index (χ3v) is 5.14. The van der Waals surface area contributed by atoms with Crippen LogP contribution in [0.4, 0.5) is 5.69 Å². The Hall–Kier alpha value is -3.02. The van der Waals surface area contributed by atoms with Crippen LogP contribution in [0.1, 0.15) is 38.3 Å². The van der Waals surface area contributed by atoms with Gasteiger partial charge in [0.15, 0.2) is 6.10 Å². The van der Waals surface area contributed by atoms with Gasteiger partial charge < -0.3 is 19.7 Å². The molecule has 6 nitrogen and oxygen atoms in total. The van der Waals surface area contributed by atoms with Crippen molar-refractivity contribution in [2.75, 3.05) is 19.0 Å². The Morgan fingerprint density at radius 1 is 1.27 bits per heavy atom. The maximum absolute atomic E-state index is 12.7. The SMILES string of the molecule is COc1cccc(CC(=O)Nc2ccc3c(c2)CN(CCC(C)C)C(=O)[C@@H](C)O3)c1. The lowest BCUT2D eigenvalue weighted by Gasteiger charge is -2.23. The average Bonchev–Trinajstić information content (AvgIpc) is 2.83. The summed E-state index contributed by atoms with van der Waals surface area (Å²) in [5, 5.41) is 2.95. The van der Waals surface area contributed by atoms with Gasteiger partial charge in [-0.1, -0.05) is 26.0 Å². The van der Waals surface area contributed by atoms with E-state index in [4.69, 9.17) is 9.47 Å². The highest BCUT2D eigenvalue weighted by atomic mass is 16.5. The van der Waals surface area contributed by atoms with Crippen molar-refractivity contribution in [2.45, 2.75) is 46.3 Å². The quantitative estimate of drug-likeness (QED) is 0.748. The highest BCUT2D eigenvalue weighted by molar-refractivity contribution is 5.92. The summed E-state index contributed by atoms with van der Waals surface area (Å²) < 4.78 is 11.1. The minimum atomic E-state index is -0.521. The van der Waals surface area contributed by atoms with E-state index in [1.165, 1.54) is 0 Å². The zero-order valence-electron chi connectivity index (χ0n) is 18.1. The second kappa shape index (κ2) is 9.65. The lowest BCUT2D eigenvalue weighted by molar-refractivity contribution is -0.137. The highest BCUT2D eigenvalue weighted by Gasteiger charge is 2.27. The van der Waals surface area contributed by atoms with Gasteiger partial charge in [-0.25, -0.2) is 0 Å². The Balaban J connectivity index is 1.72. The van der Waals surface area contributed by atoms with Crippen molar-refractivity contribution in [3.8, 4) is 11.5 Å². The van der Waals surface area contributed by atoms with Gasteiger partial charge in [0, 0.05) is 24.3 Å². The van der Waals surface area contributed by atoms with Crippen molar-refractivity contribution < 1.29 is 19.1 Å². The van der Waals surface area contributed by atoms with Crippen molar-refractivity contribution in [2.24, 2.45) is 5.92 Å². The van der Waals surface area contributed by atoms with Crippen LogP contribution >= 0.6 is 0 Å². The van der Waals surface area contributed by atoms with Gasteiger partial charge in [-0.05, 0) is 55.2 Å². The third-order valence-electron chi connectivity index (χ3n) is 5.14. The second-order valence-electron chi connectivity index (χ2n) is 8.10. The average molecular weight is 411 g/mol. The number of nitrogens with one attached hydrogen (secondary N) is 1. The van der Waals surface area contributed by atoms with Crippen molar-refractivity contribution in [3.63, 3.8) is 0 Å². The molecule has 0 fully saturated rings. The van der Waals surface area contributed by atoms with E-state index in [-0.39, 0.29) is 18.2 Å². The number of nitrogens with zero attached hydrogens (tertiary/aromatic N) is 1. The number of ether oxygens (including phenoxy) is 2.